The summed E-state index contributed by atoms with van der Waals surface area (Å²) in [4.78, 5) is 0. The smallest absolute Gasteiger partial charge is 0.126 e. The Morgan fingerprint density at radius 1 is 1.32 bits per heavy atom. The number of piperidine rings is 1. The van der Waals surface area contributed by atoms with Gasteiger partial charge in [0.1, 0.15) is 5.82 Å². The average molecular weight is 264 g/mol. The largest absolute Gasteiger partial charge is 0.316 e. The van der Waals surface area contributed by atoms with Gasteiger partial charge in [-0.2, -0.15) is 0 Å². The third-order valence-electron chi connectivity index (χ3n) is 3.89. The summed E-state index contributed by atoms with van der Waals surface area (Å²) in [5.41, 5.74) is 1.95. The van der Waals surface area contributed by atoms with Crippen LogP contribution in [0.1, 0.15) is 36.8 Å². The third kappa shape index (κ3) is 4.92. The second-order valence-corrected chi connectivity index (χ2v) is 5.52. The Kier molecular flexibility index (Phi) is 5.80. The van der Waals surface area contributed by atoms with E-state index in [1.54, 1.807) is 6.07 Å². The van der Waals surface area contributed by atoms with Crippen LogP contribution in [0.5, 0.6) is 0 Å². The molecule has 0 bridgehead atoms. The van der Waals surface area contributed by atoms with Gasteiger partial charge < -0.3 is 10.6 Å². The number of nitrogens with one attached hydrogen (secondary N) is 2. The van der Waals surface area contributed by atoms with Crippen molar-refractivity contribution in [3.63, 3.8) is 0 Å². The molecule has 1 fully saturated rings. The summed E-state index contributed by atoms with van der Waals surface area (Å²) in [6.07, 6.45) is 6.20. The van der Waals surface area contributed by atoms with E-state index in [0.29, 0.717) is 6.04 Å². The van der Waals surface area contributed by atoms with E-state index < -0.39 is 0 Å². The fourth-order valence-corrected chi connectivity index (χ4v) is 2.67. The molecule has 1 saturated heterocycles. The normalized spacial score (nSPS) is 19.6. The molecule has 0 spiro atoms. The SMILES string of the molecule is Cc1cc(CCNCCC2CCCCN2)ccc1F. The first-order valence-electron chi connectivity index (χ1n) is 7.45. The minimum absolute atomic E-state index is 0.111. The minimum Gasteiger partial charge on any atom is -0.316 e. The van der Waals surface area contributed by atoms with Crippen molar-refractivity contribution in [2.75, 3.05) is 19.6 Å². The number of rotatable bonds is 6. The lowest BCUT2D eigenvalue weighted by Gasteiger charge is -2.23. The Balaban J connectivity index is 1.59. The van der Waals surface area contributed by atoms with Crippen molar-refractivity contribution in [2.45, 2.75) is 45.1 Å². The van der Waals surface area contributed by atoms with Crippen LogP contribution in [0.25, 0.3) is 0 Å². The fourth-order valence-electron chi connectivity index (χ4n) is 2.67. The van der Waals surface area contributed by atoms with E-state index in [-0.39, 0.29) is 5.82 Å². The lowest BCUT2D eigenvalue weighted by atomic mass is 10.0. The Morgan fingerprint density at radius 2 is 2.21 bits per heavy atom. The summed E-state index contributed by atoms with van der Waals surface area (Å²) in [5.74, 6) is -0.111. The van der Waals surface area contributed by atoms with E-state index in [9.17, 15) is 4.39 Å². The molecule has 1 aromatic rings. The van der Waals surface area contributed by atoms with Crippen LogP contribution in [0.3, 0.4) is 0 Å². The van der Waals surface area contributed by atoms with Crippen LogP contribution in [0.2, 0.25) is 0 Å². The van der Waals surface area contributed by atoms with E-state index in [1.807, 2.05) is 19.1 Å². The van der Waals surface area contributed by atoms with Crippen LogP contribution in [-0.4, -0.2) is 25.7 Å². The van der Waals surface area contributed by atoms with Gasteiger partial charge in [0.2, 0.25) is 0 Å². The number of halogens is 1. The predicted octanol–water partition coefficient (Wildman–Crippen LogP) is 2.80. The zero-order chi connectivity index (χ0) is 13.5. The Bertz CT molecular complexity index is 386. The molecule has 19 heavy (non-hydrogen) atoms. The van der Waals surface area contributed by atoms with Gasteiger partial charge in [0.05, 0.1) is 0 Å². The van der Waals surface area contributed by atoms with Gasteiger partial charge in [0.25, 0.3) is 0 Å². The molecular formula is C16H25FN2. The van der Waals surface area contributed by atoms with Crippen molar-refractivity contribution in [1.82, 2.24) is 10.6 Å². The van der Waals surface area contributed by atoms with E-state index in [0.717, 1.165) is 25.1 Å². The van der Waals surface area contributed by atoms with E-state index in [4.69, 9.17) is 0 Å². The first kappa shape index (κ1) is 14.5. The summed E-state index contributed by atoms with van der Waals surface area (Å²) in [5, 5.41) is 7.04. The fraction of sp³-hybridized carbons (Fsp3) is 0.625. The van der Waals surface area contributed by atoms with Crippen molar-refractivity contribution in [2.24, 2.45) is 0 Å². The maximum atomic E-state index is 13.1. The molecule has 3 heteroatoms. The van der Waals surface area contributed by atoms with Gasteiger partial charge >= 0.3 is 0 Å². The Morgan fingerprint density at radius 3 is 2.95 bits per heavy atom. The van der Waals surface area contributed by atoms with Crippen molar-refractivity contribution in [3.8, 4) is 0 Å². The van der Waals surface area contributed by atoms with Gasteiger partial charge in [-0.3, -0.25) is 0 Å². The molecule has 0 saturated carbocycles. The van der Waals surface area contributed by atoms with Crippen LogP contribution in [0.15, 0.2) is 18.2 Å². The zero-order valence-corrected chi connectivity index (χ0v) is 11.8. The van der Waals surface area contributed by atoms with Crippen LogP contribution in [0.4, 0.5) is 4.39 Å². The third-order valence-corrected chi connectivity index (χ3v) is 3.89. The van der Waals surface area contributed by atoms with Gasteiger partial charge in [-0.15, -0.1) is 0 Å². The van der Waals surface area contributed by atoms with Gasteiger partial charge in [-0.1, -0.05) is 18.6 Å². The molecule has 0 radical (unpaired) electrons. The van der Waals surface area contributed by atoms with E-state index in [1.165, 1.54) is 37.8 Å². The molecule has 1 aliphatic rings. The van der Waals surface area contributed by atoms with Gasteiger partial charge in [-0.25, -0.2) is 4.39 Å². The molecule has 0 aliphatic carbocycles. The van der Waals surface area contributed by atoms with Gasteiger partial charge in [0.15, 0.2) is 0 Å². The lowest BCUT2D eigenvalue weighted by molar-refractivity contribution is 0.377. The topological polar surface area (TPSA) is 24.1 Å². The van der Waals surface area contributed by atoms with E-state index >= 15 is 0 Å². The summed E-state index contributed by atoms with van der Waals surface area (Å²) < 4.78 is 13.1. The number of hydrogen-bond donors (Lipinski definition) is 2. The second kappa shape index (κ2) is 7.61. The molecule has 2 nitrogen and oxygen atoms in total. The molecule has 1 aliphatic heterocycles. The van der Waals surface area contributed by atoms with Gasteiger partial charge in [-0.05, 0) is 69.4 Å². The zero-order valence-electron chi connectivity index (χ0n) is 11.8. The van der Waals surface area contributed by atoms with Crippen molar-refractivity contribution in [3.05, 3.63) is 35.1 Å². The monoisotopic (exact) mass is 264 g/mol. The number of aryl methyl sites for hydroxylation is 1. The maximum Gasteiger partial charge on any atom is 0.126 e. The molecule has 1 unspecified atom stereocenters. The predicted molar refractivity (Wildman–Crippen MR) is 78.0 cm³/mol. The number of benzene rings is 1. The summed E-state index contributed by atoms with van der Waals surface area (Å²) in [6.45, 7) is 5.04. The van der Waals surface area contributed by atoms with Crippen molar-refractivity contribution in [1.29, 1.82) is 0 Å². The maximum absolute atomic E-state index is 13.1. The van der Waals surface area contributed by atoms with Crippen molar-refractivity contribution >= 4 is 0 Å². The molecule has 0 aromatic heterocycles. The molecule has 0 amide bonds. The Hall–Kier alpha value is -0.930. The minimum atomic E-state index is -0.111. The van der Waals surface area contributed by atoms with E-state index in [2.05, 4.69) is 10.6 Å². The van der Waals surface area contributed by atoms with Crippen LogP contribution in [-0.2, 0) is 6.42 Å². The molecule has 1 heterocycles. The first-order valence-corrected chi connectivity index (χ1v) is 7.45. The highest BCUT2D eigenvalue weighted by atomic mass is 19.1. The quantitative estimate of drug-likeness (QED) is 0.772. The van der Waals surface area contributed by atoms with Gasteiger partial charge in [0, 0.05) is 6.04 Å². The molecule has 1 atom stereocenters. The summed E-state index contributed by atoms with van der Waals surface area (Å²) in [6, 6.07) is 6.09. The van der Waals surface area contributed by atoms with Crippen LogP contribution >= 0.6 is 0 Å². The van der Waals surface area contributed by atoms with Crippen LogP contribution < -0.4 is 10.6 Å². The molecule has 106 valence electrons. The number of hydrogen-bond acceptors (Lipinski definition) is 2. The molecule has 1 aromatic carbocycles. The molecule has 2 rings (SSSR count). The highest BCUT2D eigenvalue weighted by Gasteiger charge is 2.11. The van der Waals surface area contributed by atoms with Crippen LogP contribution in [0, 0.1) is 12.7 Å². The van der Waals surface area contributed by atoms with Crippen molar-refractivity contribution < 1.29 is 4.39 Å². The average Bonchev–Trinajstić information content (AvgIpc) is 2.43. The highest BCUT2D eigenvalue weighted by molar-refractivity contribution is 5.24. The summed E-state index contributed by atoms with van der Waals surface area (Å²) >= 11 is 0. The standard InChI is InChI=1S/C16H25FN2/c1-13-12-14(5-6-16(13)17)7-10-18-11-8-15-4-2-3-9-19-15/h5-6,12,15,18-19H,2-4,7-11H2,1H3. The highest BCUT2D eigenvalue weighted by Crippen LogP contribution is 2.10. The lowest BCUT2D eigenvalue weighted by Crippen LogP contribution is -2.36. The first-order chi connectivity index (χ1) is 9.25. The second-order valence-electron chi connectivity index (χ2n) is 5.52. The molecule has 2 N–H and O–H groups in total. The Labute approximate surface area is 115 Å². The summed E-state index contributed by atoms with van der Waals surface area (Å²) in [7, 11) is 0. The molecular weight excluding hydrogens is 239 g/mol.